The Morgan fingerprint density at radius 2 is 2.22 bits per heavy atom. The molecule has 1 saturated heterocycles. The van der Waals surface area contributed by atoms with Gasteiger partial charge >= 0.3 is 0 Å². The fourth-order valence-corrected chi connectivity index (χ4v) is 3.10. The summed E-state index contributed by atoms with van der Waals surface area (Å²) in [6.45, 7) is 2.25. The number of hydrogen-bond acceptors (Lipinski definition) is 3. The van der Waals surface area contributed by atoms with Gasteiger partial charge in [-0.3, -0.25) is 4.79 Å². The van der Waals surface area contributed by atoms with Crippen LogP contribution >= 0.6 is 11.8 Å². The Hall–Kier alpha value is -1.00. The predicted molar refractivity (Wildman–Crippen MR) is 78.0 cm³/mol. The molecule has 1 unspecified atom stereocenters. The molecular weight excluding hydrogens is 244 g/mol. The van der Waals surface area contributed by atoms with Gasteiger partial charge in [-0.1, -0.05) is 18.2 Å². The molecule has 0 spiro atoms. The highest BCUT2D eigenvalue weighted by Crippen LogP contribution is 2.16. The highest BCUT2D eigenvalue weighted by Gasteiger charge is 2.13. The summed E-state index contributed by atoms with van der Waals surface area (Å²) in [5.41, 5.74) is 0.877. The molecule has 1 atom stereocenters. The monoisotopic (exact) mass is 264 g/mol. The number of anilines is 1. The Morgan fingerprint density at radius 3 is 2.94 bits per heavy atom. The zero-order valence-corrected chi connectivity index (χ0v) is 11.3. The first-order valence-corrected chi connectivity index (χ1v) is 7.63. The summed E-state index contributed by atoms with van der Waals surface area (Å²) in [6.07, 6.45) is 2.56. The quantitative estimate of drug-likeness (QED) is 0.858. The summed E-state index contributed by atoms with van der Waals surface area (Å²) < 4.78 is 0. The number of thioether (sulfide) groups is 1. The molecule has 0 aromatic heterocycles. The van der Waals surface area contributed by atoms with E-state index in [-0.39, 0.29) is 5.91 Å². The van der Waals surface area contributed by atoms with Crippen molar-refractivity contribution in [2.45, 2.75) is 12.8 Å². The fraction of sp³-hybridized carbons (Fsp3) is 0.500. The lowest BCUT2D eigenvalue weighted by atomic mass is 10.0. The molecule has 0 bridgehead atoms. The molecule has 98 valence electrons. The minimum Gasteiger partial charge on any atom is -0.325 e. The molecule has 0 radical (unpaired) electrons. The maximum Gasteiger partial charge on any atom is 0.234 e. The van der Waals surface area contributed by atoms with E-state index in [4.69, 9.17) is 0 Å². The average molecular weight is 264 g/mol. The van der Waals surface area contributed by atoms with Gasteiger partial charge in [-0.2, -0.15) is 11.8 Å². The molecule has 1 fully saturated rings. The number of nitrogens with one attached hydrogen (secondary N) is 2. The van der Waals surface area contributed by atoms with Gasteiger partial charge in [-0.05, 0) is 49.7 Å². The van der Waals surface area contributed by atoms with Crippen molar-refractivity contribution >= 4 is 23.4 Å². The van der Waals surface area contributed by atoms with Gasteiger partial charge in [0.05, 0.1) is 5.75 Å². The van der Waals surface area contributed by atoms with Gasteiger partial charge in [0.15, 0.2) is 0 Å². The Labute approximate surface area is 113 Å². The standard InChI is InChI=1S/C14H20N2OS/c17-14(16-13-6-2-1-3-7-13)11-18-10-12-5-4-8-15-9-12/h1-3,6-7,12,15H,4-5,8-11H2,(H,16,17). The van der Waals surface area contributed by atoms with Gasteiger partial charge in [0.25, 0.3) is 0 Å². The van der Waals surface area contributed by atoms with E-state index in [0.29, 0.717) is 5.75 Å². The normalized spacial score (nSPS) is 19.4. The van der Waals surface area contributed by atoms with Crippen LogP contribution in [0.25, 0.3) is 0 Å². The van der Waals surface area contributed by atoms with Gasteiger partial charge < -0.3 is 10.6 Å². The van der Waals surface area contributed by atoms with Crippen molar-refractivity contribution in [1.82, 2.24) is 5.32 Å². The molecule has 1 aliphatic heterocycles. The molecule has 1 heterocycles. The predicted octanol–water partition coefficient (Wildman–Crippen LogP) is 2.36. The zero-order valence-electron chi connectivity index (χ0n) is 10.5. The van der Waals surface area contributed by atoms with Crippen molar-refractivity contribution in [2.75, 3.05) is 29.9 Å². The van der Waals surface area contributed by atoms with Gasteiger partial charge in [0.1, 0.15) is 0 Å². The Bertz CT molecular complexity index is 363. The van der Waals surface area contributed by atoms with E-state index in [1.807, 2.05) is 30.3 Å². The van der Waals surface area contributed by atoms with Crippen molar-refractivity contribution in [1.29, 1.82) is 0 Å². The molecule has 1 aromatic carbocycles. The molecule has 0 aliphatic carbocycles. The van der Waals surface area contributed by atoms with Gasteiger partial charge in [-0.15, -0.1) is 0 Å². The highest BCUT2D eigenvalue weighted by atomic mass is 32.2. The van der Waals surface area contributed by atoms with Crippen LogP contribution in [0.15, 0.2) is 30.3 Å². The van der Waals surface area contributed by atoms with Crippen LogP contribution in [0, 0.1) is 5.92 Å². The number of para-hydroxylation sites is 1. The van der Waals surface area contributed by atoms with E-state index in [2.05, 4.69) is 10.6 Å². The van der Waals surface area contributed by atoms with Crippen LogP contribution in [0.1, 0.15) is 12.8 Å². The number of carbonyl (C=O) groups excluding carboxylic acids is 1. The van der Waals surface area contributed by atoms with Crippen LogP contribution in [-0.2, 0) is 4.79 Å². The largest absolute Gasteiger partial charge is 0.325 e. The molecule has 1 amide bonds. The molecule has 1 aliphatic rings. The third-order valence-electron chi connectivity index (χ3n) is 3.04. The summed E-state index contributed by atoms with van der Waals surface area (Å²) in [7, 11) is 0. The second-order valence-corrected chi connectivity index (χ2v) is 5.67. The number of benzene rings is 1. The lowest BCUT2D eigenvalue weighted by molar-refractivity contribution is -0.113. The SMILES string of the molecule is O=C(CSCC1CCCNC1)Nc1ccccc1. The maximum absolute atomic E-state index is 11.7. The molecule has 18 heavy (non-hydrogen) atoms. The molecule has 2 rings (SSSR count). The molecule has 4 heteroatoms. The molecule has 3 nitrogen and oxygen atoms in total. The number of carbonyl (C=O) groups is 1. The van der Waals surface area contributed by atoms with Gasteiger partial charge in [0, 0.05) is 5.69 Å². The van der Waals surface area contributed by atoms with E-state index in [9.17, 15) is 4.79 Å². The lowest BCUT2D eigenvalue weighted by Gasteiger charge is -2.22. The number of piperidine rings is 1. The minimum atomic E-state index is 0.0926. The Balaban J connectivity index is 1.62. The third-order valence-corrected chi connectivity index (χ3v) is 4.22. The topological polar surface area (TPSA) is 41.1 Å². The summed E-state index contributed by atoms with van der Waals surface area (Å²) in [4.78, 5) is 11.7. The van der Waals surface area contributed by atoms with Crippen molar-refractivity contribution in [2.24, 2.45) is 5.92 Å². The number of rotatable bonds is 5. The van der Waals surface area contributed by atoms with Crippen molar-refractivity contribution in [3.63, 3.8) is 0 Å². The van der Waals surface area contributed by atoms with Crippen LogP contribution in [0.4, 0.5) is 5.69 Å². The fourth-order valence-electron chi connectivity index (χ4n) is 2.10. The minimum absolute atomic E-state index is 0.0926. The molecular formula is C14H20N2OS. The number of hydrogen-bond donors (Lipinski definition) is 2. The van der Waals surface area contributed by atoms with E-state index >= 15 is 0 Å². The van der Waals surface area contributed by atoms with Crippen molar-refractivity contribution in [3.8, 4) is 0 Å². The zero-order chi connectivity index (χ0) is 12.6. The van der Waals surface area contributed by atoms with Crippen LogP contribution in [-0.4, -0.2) is 30.5 Å². The van der Waals surface area contributed by atoms with Crippen LogP contribution in [0.3, 0.4) is 0 Å². The summed E-state index contributed by atoms with van der Waals surface area (Å²) in [5, 5.41) is 6.30. The van der Waals surface area contributed by atoms with Crippen molar-refractivity contribution < 1.29 is 4.79 Å². The second-order valence-electron chi connectivity index (χ2n) is 4.64. The van der Waals surface area contributed by atoms with E-state index in [0.717, 1.165) is 30.4 Å². The van der Waals surface area contributed by atoms with Crippen LogP contribution in [0.5, 0.6) is 0 Å². The van der Waals surface area contributed by atoms with Gasteiger partial charge in [-0.25, -0.2) is 0 Å². The first kappa shape index (κ1) is 13.4. The van der Waals surface area contributed by atoms with E-state index in [1.165, 1.54) is 12.8 Å². The third kappa shape index (κ3) is 4.70. The smallest absolute Gasteiger partial charge is 0.234 e. The summed E-state index contributed by atoms with van der Waals surface area (Å²) >= 11 is 1.74. The average Bonchev–Trinajstić information content (AvgIpc) is 2.41. The highest BCUT2D eigenvalue weighted by molar-refractivity contribution is 7.99. The van der Waals surface area contributed by atoms with E-state index < -0.39 is 0 Å². The van der Waals surface area contributed by atoms with Gasteiger partial charge in [0.2, 0.25) is 5.91 Å². The number of amides is 1. The summed E-state index contributed by atoms with van der Waals surface area (Å²) in [5.74, 6) is 2.45. The molecule has 1 aromatic rings. The van der Waals surface area contributed by atoms with Crippen LogP contribution < -0.4 is 10.6 Å². The molecule has 0 saturated carbocycles. The Morgan fingerprint density at radius 1 is 1.39 bits per heavy atom. The second kappa shape index (κ2) is 7.44. The first-order valence-electron chi connectivity index (χ1n) is 6.48. The lowest BCUT2D eigenvalue weighted by Crippen LogP contribution is -2.31. The molecule has 2 N–H and O–H groups in total. The van der Waals surface area contributed by atoms with Crippen molar-refractivity contribution in [3.05, 3.63) is 30.3 Å². The Kier molecular flexibility index (Phi) is 5.55. The first-order chi connectivity index (χ1) is 8.84. The maximum atomic E-state index is 11.7. The van der Waals surface area contributed by atoms with Crippen LogP contribution in [0.2, 0.25) is 0 Å². The summed E-state index contributed by atoms with van der Waals surface area (Å²) in [6, 6.07) is 9.62. The van der Waals surface area contributed by atoms with E-state index in [1.54, 1.807) is 11.8 Å².